The Hall–Kier alpha value is -3.42. The molecule has 32 heavy (non-hydrogen) atoms. The molecule has 2 aromatic heterocycles. The van der Waals surface area contributed by atoms with E-state index >= 15 is 0 Å². The maximum absolute atomic E-state index is 12.5. The summed E-state index contributed by atoms with van der Waals surface area (Å²) in [7, 11) is -3.79. The topological polar surface area (TPSA) is 125 Å². The van der Waals surface area contributed by atoms with Gasteiger partial charge in [-0.15, -0.1) is 0 Å². The molecule has 0 aliphatic heterocycles. The summed E-state index contributed by atoms with van der Waals surface area (Å²) < 4.78 is 27.3. The van der Waals surface area contributed by atoms with E-state index < -0.39 is 10.0 Å². The molecule has 0 saturated carbocycles. The number of aromatic nitrogens is 2. The van der Waals surface area contributed by atoms with Crippen LogP contribution in [0, 0.1) is 11.3 Å². The van der Waals surface area contributed by atoms with Crippen LogP contribution in [0.3, 0.4) is 0 Å². The van der Waals surface area contributed by atoms with Gasteiger partial charge in [-0.3, -0.25) is 9.52 Å². The van der Waals surface area contributed by atoms with Gasteiger partial charge in [-0.05, 0) is 54.4 Å². The Bertz CT molecular complexity index is 1240. The Morgan fingerprint density at radius 1 is 1.12 bits per heavy atom. The Balaban J connectivity index is 1.62. The van der Waals surface area contributed by atoms with Gasteiger partial charge < -0.3 is 5.32 Å². The molecule has 0 aliphatic carbocycles. The van der Waals surface area contributed by atoms with E-state index in [4.69, 9.17) is 0 Å². The zero-order valence-electron chi connectivity index (χ0n) is 17.4. The summed E-state index contributed by atoms with van der Waals surface area (Å²) in [5.41, 5.74) is 1.72. The molecule has 0 spiro atoms. The average Bonchev–Trinajstić information content (AvgIpc) is 2.78. The minimum absolute atomic E-state index is 0.0453. The summed E-state index contributed by atoms with van der Waals surface area (Å²) in [5, 5.41) is 12.5. The van der Waals surface area contributed by atoms with Crippen molar-refractivity contribution in [3.63, 3.8) is 0 Å². The number of sulfonamides is 1. The maximum atomic E-state index is 12.5. The van der Waals surface area contributed by atoms with Crippen LogP contribution in [0.5, 0.6) is 0 Å². The number of nitrogens with zero attached hydrogens (tertiary/aromatic N) is 3. The minimum atomic E-state index is -3.79. The predicted molar refractivity (Wildman–Crippen MR) is 124 cm³/mol. The normalized spacial score (nSPS) is 11.1. The lowest BCUT2D eigenvalue weighted by molar-refractivity contribution is -0.113. The maximum Gasteiger partial charge on any atom is 0.263 e. The molecule has 0 radical (unpaired) electrons. The molecule has 0 unspecified atom stereocenters. The third kappa shape index (κ3) is 6.06. The summed E-state index contributed by atoms with van der Waals surface area (Å²) >= 11 is 1.18. The van der Waals surface area contributed by atoms with Crippen LogP contribution in [-0.2, 0) is 14.8 Å². The molecule has 164 valence electrons. The third-order valence-electron chi connectivity index (χ3n) is 4.29. The quantitative estimate of drug-likeness (QED) is 0.480. The van der Waals surface area contributed by atoms with Crippen LogP contribution in [0.25, 0.3) is 0 Å². The van der Waals surface area contributed by atoms with Gasteiger partial charge in [0.15, 0.2) is 0 Å². The van der Waals surface area contributed by atoms with Gasteiger partial charge in [0.25, 0.3) is 10.0 Å². The Morgan fingerprint density at radius 2 is 1.88 bits per heavy atom. The van der Waals surface area contributed by atoms with E-state index in [0.29, 0.717) is 16.3 Å². The highest BCUT2D eigenvalue weighted by Crippen LogP contribution is 2.24. The SMILES string of the molecule is CC(C)c1ccc(C#N)c(SCC(=O)Nc2ccc(S(=O)(=O)Nc3ccccn3)cc2)n1. The largest absolute Gasteiger partial charge is 0.325 e. The monoisotopic (exact) mass is 467 g/mol. The number of thioether (sulfide) groups is 1. The molecule has 8 nitrogen and oxygen atoms in total. The first-order chi connectivity index (χ1) is 15.3. The van der Waals surface area contributed by atoms with Crippen molar-refractivity contribution >= 4 is 39.2 Å². The van der Waals surface area contributed by atoms with Crippen LogP contribution in [0.4, 0.5) is 11.5 Å². The molecule has 2 N–H and O–H groups in total. The number of pyridine rings is 2. The molecule has 0 fully saturated rings. The van der Waals surface area contributed by atoms with E-state index in [0.717, 1.165) is 5.69 Å². The Labute approximate surface area is 191 Å². The number of hydrogen-bond acceptors (Lipinski definition) is 7. The van der Waals surface area contributed by atoms with Crippen molar-refractivity contribution < 1.29 is 13.2 Å². The van der Waals surface area contributed by atoms with Gasteiger partial charge in [0.2, 0.25) is 5.91 Å². The zero-order valence-corrected chi connectivity index (χ0v) is 19.1. The highest BCUT2D eigenvalue weighted by atomic mass is 32.2. The molecular formula is C22H21N5O3S2. The van der Waals surface area contributed by atoms with Gasteiger partial charge in [0.05, 0.1) is 16.2 Å². The summed E-state index contributed by atoms with van der Waals surface area (Å²) in [6.07, 6.45) is 1.49. The van der Waals surface area contributed by atoms with Crippen LogP contribution in [0.15, 0.2) is 70.7 Å². The van der Waals surface area contributed by atoms with E-state index in [2.05, 4.69) is 26.1 Å². The first-order valence-corrected chi connectivity index (χ1v) is 12.1. The number of anilines is 2. The molecule has 0 aliphatic rings. The van der Waals surface area contributed by atoms with E-state index in [1.807, 2.05) is 19.9 Å². The van der Waals surface area contributed by atoms with Crippen molar-refractivity contribution in [1.29, 1.82) is 5.26 Å². The number of nitrogens with one attached hydrogen (secondary N) is 2. The Kier molecular flexibility index (Phi) is 7.45. The van der Waals surface area contributed by atoms with Gasteiger partial charge in [-0.1, -0.05) is 31.7 Å². The van der Waals surface area contributed by atoms with Gasteiger partial charge in [0, 0.05) is 17.6 Å². The molecule has 3 rings (SSSR count). The first-order valence-electron chi connectivity index (χ1n) is 9.66. The number of rotatable bonds is 8. The fraction of sp³-hybridized carbons (Fsp3) is 0.182. The summed E-state index contributed by atoms with van der Waals surface area (Å²) in [4.78, 5) is 20.8. The second-order valence-electron chi connectivity index (χ2n) is 7.04. The summed E-state index contributed by atoms with van der Waals surface area (Å²) in [6, 6.07) is 16.3. The van der Waals surface area contributed by atoms with Crippen LogP contribution < -0.4 is 10.0 Å². The van der Waals surface area contributed by atoms with Crippen molar-refractivity contribution in [2.45, 2.75) is 29.7 Å². The van der Waals surface area contributed by atoms with E-state index in [1.54, 1.807) is 24.3 Å². The van der Waals surface area contributed by atoms with Crippen molar-refractivity contribution in [3.05, 3.63) is 72.1 Å². The van der Waals surface area contributed by atoms with Gasteiger partial charge in [0.1, 0.15) is 16.9 Å². The van der Waals surface area contributed by atoms with E-state index in [9.17, 15) is 18.5 Å². The highest BCUT2D eigenvalue weighted by molar-refractivity contribution is 8.00. The van der Waals surface area contributed by atoms with Gasteiger partial charge >= 0.3 is 0 Å². The molecule has 0 bridgehead atoms. The number of carbonyl (C=O) groups excluding carboxylic acids is 1. The molecule has 0 saturated heterocycles. The number of hydrogen-bond donors (Lipinski definition) is 2. The lowest BCUT2D eigenvalue weighted by Crippen LogP contribution is -2.15. The standard InChI is InChI=1S/C22H21N5O3S2/c1-15(2)19-11-6-16(13-23)22(26-19)31-14-21(28)25-17-7-9-18(10-8-17)32(29,30)27-20-5-3-4-12-24-20/h3-12,15H,14H2,1-2H3,(H,24,27)(H,25,28). The lowest BCUT2D eigenvalue weighted by atomic mass is 10.1. The summed E-state index contributed by atoms with van der Waals surface area (Å²) in [6.45, 7) is 4.01. The number of nitriles is 1. The first kappa shape index (κ1) is 23.2. The zero-order chi connectivity index (χ0) is 23.1. The molecule has 3 aromatic rings. The average molecular weight is 468 g/mol. The second kappa shape index (κ2) is 10.3. The number of carbonyl (C=O) groups is 1. The minimum Gasteiger partial charge on any atom is -0.325 e. The Morgan fingerprint density at radius 3 is 2.50 bits per heavy atom. The second-order valence-corrected chi connectivity index (χ2v) is 9.68. The molecule has 10 heteroatoms. The van der Waals surface area contributed by atoms with Crippen LogP contribution in [0.1, 0.15) is 31.0 Å². The van der Waals surface area contributed by atoms with Crippen molar-refractivity contribution in [1.82, 2.24) is 9.97 Å². The molecule has 0 atom stereocenters. The molecule has 1 aromatic carbocycles. The highest BCUT2D eigenvalue weighted by Gasteiger charge is 2.15. The van der Waals surface area contributed by atoms with Crippen molar-refractivity contribution in [2.75, 3.05) is 15.8 Å². The van der Waals surface area contributed by atoms with E-state index in [-0.39, 0.29) is 28.3 Å². The fourth-order valence-electron chi connectivity index (χ4n) is 2.64. The van der Waals surface area contributed by atoms with Crippen molar-refractivity contribution in [3.8, 4) is 6.07 Å². The lowest BCUT2D eigenvalue weighted by Gasteiger charge is -2.10. The fourth-order valence-corrected chi connectivity index (χ4v) is 4.43. The predicted octanol–water partition coefficient (Wildman–Crippen LogP) is 4.00. The number of benzene rings is 1. The third-order valence-corrected chi connectivity index (χ3v) is 6.65. The van der Waals surface area contributed by atoms with Crippen LogP contribution in [-0.4, -0.2) is 30.0 Å². The smallest absolute Gasteiger partial charge is 0.263 e. The van der Waals surface area contributed by atoms with Crippen LogP contribution in [0.2, 0.25) is 0 Å². The van der Waals surface area contributed by atoms with Crippen molar-refractivity contribution in [2.24, 2.45) is 0 Å². The molecule has 1 amide bonds. The molecular weight excluding hydrogens is 446 g/mol. The van der Waals surface area contributed by atoms with Gasteiger partial charge in [-0.2, -0.15) is 5.26 Å². The summed E-state index contributed by atoms with van der Waals surface area (Å²) in [5.74, 6) is 0.189. The van der Waals surface area contributed by atoms with Gasteiger partial charge in [-0.25, -0.2) is 18.4 Å². The number of amides is 1. The molecule has 2 heterocycles. The van der Waals surface area contributed by atoms with Crippen LogP contribution >= 0.6 is 11.8 Å². The van der Waals surface area contributed by atoms with E-state index in [1.165, 1.54) is 42.2 Å².